The van der Waals surface area contributed by atoms with Crippen LogP contribution in [0.5, 0.6) is 0 Å². The van der Waals surface area contributed by atoms with Crippen molar-refractivity contribution in [1.29, 1.82) is 0 Å². The Morgan fingerprint density at radius 3 is 2.63 bits per heavy atom. The van der Waals surface area contributed by atoms with E-state index >= 15 is 0 Å². The standard InChI is InChI=1S/C14H13N3O2/c1-8(2)9-3-5-10(6-4-9)12-11-13(18)15-7-16-14(11)19-17-12/h3-8H,1-2H3,(H,15,16,18). The molecule has 3 aromatic rings. The molecule has 0 unspecified atom stereocenters. The van der Waals surface area contributed by atoms with Crippen LogP contribution < -0.4 is 5.56 Å². The van der Waals surface area contributed by atoms with Crippen LogP contribution in [0.4, 0.5) is 0 Å². The number of hydrogen-bond donors (Lipinski definition) is 1. The average molecular weight is 255 g/mol. The number of fused-ring (bicyclic) bond motifs is 1. The molecule has 1 N–H and O–H groups in total. The number of aromatic amines is 1. The van der Waals surface area contributed by atoms with Crippen molar-refractivity contribution in [2.45, 2.75) is 19.8 Å². The number of H-pyrrole nitrogens is 1. The maximum absolute atomic E-state index is 11.8. The molecule has 0 atom stereocenters. The van der Waals surface area contributed by atoms with Crippen LogP contribution >= 0.6 is 0 Å². The lowest BCUT2D eigenvalue weighted by Gasteiger charge is -2.05. The molecule has 0 amide bonds. The molecule has 0 fully saturated rings. The Morgan fingerprint density at radius 1 is 1.21 bits per heavy atom. The minimum atomic E-state index is -0.241. The summed E-state index contributed by atoms with van der Waals surface area (Å²) < 4.78 is 5.08. The van der Waals surface area contributed by atoms with Crippen molar-refractivity contribution in [3.63, 3.8) is 0 Å². The summed E-state index contributed by atoms with van der Waals surface area (Å²) in [4.78, 5) is 18.3. The second kappa shape index (κ2) is 4.35. The van der Waals surface area contributed by atoms with Crippen LogP contribution in [-0.4, -0.2) is 15.1 Å². The van der Waals surface area contributed by atoms with Gasteiger partial charge in [0.1, 0.15) is 11.1 Å². The van der Waals surface area contributed by atoms with E-state index in [1.165, 1.54) is 11.9 Å². The predicted molar refractivity (Wildman–Crippen MR) is 71.9 cm³/mol. The Kier molecular flexibility index (Phi) is 2.67. The van der Waals surface area contributed by atoms with Crippen LogP contribution in [0.15, 0.2) is 39.9 Å². The average Bonchev–Trinajstić information content (AvgIpc) is 2.84. The van der Waals surface area contributed by atoms with Crippen molar-refractivity contribution < 1.29 is 4.52 Å². The second-order valence-corrected chi connectivity index (χ2v) is 4.72. The van der Waals surface area contributed by atoms with E-state index in [0.717, 1.165) is 5.56 Å². The maximum Gasteiger partial charge on any atom is 0.265 e. The van der Waals surface area contributed by atoms with E-state index < -0.39 is 0 Å². The number of rotatable bonds is 2. The molecule has 19 heavy (non-hydrogen) atoms. The van der Waals surface area contributed by atoms with Crippen LogP contribution in [0.3, 0.4) is 0 Å². The molecule has 0 radical (unpaired) electrons. The quantitative estimate of drug-likeness (QED) is 0.764. The zero-order chi connectivity index (χ0) is 13.4. The highest BCUT2D eigenvalue weighted by atomic mass is 16.5. The number of aromatic nitrogens is 3. The van der Waals surface area contributed by atoms with Crippen LogP contribution in [0.25, 0.3) is 22.4 Å². The molecule has 0 bridgehead atoms. The summed E-state index contributed by atoms with van der Waals surface area (Å²) in [7, 11) is 0. The SMILES string of the molecule is CC(C)c1ccc(-c2noc3nc[nH]c(=O)c23)cc1. The molecule has 2 aromatic heterocycles. The van der Waals surface area contributed by atoms with Gasteiger partial charge >= 0.3 is 0 Å². The highest BCUT2D eigenvalue weighted by molar-refractivity contribution is 5.88. The van der Waals surface area contributed by atoms with Gasteiger partial charge in [-0.1, -0.05) is 43.3 Å². The van der Waals surface area contributed by atoms with E-state index in [9.17, 15) is 4.79 Å². The van der Waals surface area contributed by atoms with Gasteiger partial charge in [-0.3, -0.25) is 4.79 Å². The molecule has 96 valence electrons. The summed E-state index contributed by atoms with van der Waals surface area (Å²) >= 11 is 0. The molecule has 0 saturated heterocycles. The molecule has 1 aromatic carbocycles. The Hall–Kier alpha value is -2.43. The topological polar surface area (TPSA) is 71.8 Å². The summed E-state index contributed by atoms with van der Waals surface area (Å²) in [5.74, 6) is 0.466. The smallest absolute Gasteiger partial charge is 0.265 e. The molecule has 2 heterocycles. The summed E-state index contributed by atoms with van der Waals surface area (Å²) in [5, 5.41) is 4.33. The first-order chi connectivity index (χ1) is 9.16. The van der Waals surface area contributed by atoms with Gasteiger partial charge in [-0.05, 0) is 11.5 Å². The number of hydrogen-bond acceptors (Lipinski definition) is 4. The Morgan fingerprint density at radius 2 is 1.95 bits per heavy atom. The van der Waals surface area contributed by atoms with Gasteiger partial charge in [0.25, 0.3) is 11.3 Å². The number of nitrogens with zero attached hydrogens (tertiary/aromatic N) is 2. The minimum absolute atomic E-state index is 0.241. The summed E-state index contributed by atoms with van der Waals surface area (Å²) in [5.41, 5.74) is 2.63. The molecule has 0 saturated carbocycles. The second-order valence-electron chi connectivity index (χ2n) is 4.72. The minimum Gasteiger partial charge on any atom is -0.335 e. The van der Waals surface area contributed by atoms with Gasteiger partial charge < -0.3 is 9.51 Å². The molecular weight excluding hydrogens is 242 g/mol. The van der Waals surface area contributed by atoms with Crippen molar-refractivity contribution in [3.05, 3.63) is 46.5 Å². The van der Waals surface area contributed by atoms with Crippen LogP contribution in [-0.2, 0) is 0 Å². The van der Waals surface area contributed by atoms with E-state index in [1.54, 1.807) is 0 Å². The van der Waals surface area contributed by atoms with Gasteiger partial charge in [0, 0.05) is 5.56 Å². The van der Waals surface area contributed by atoms with Crippen LogP contribution in [0.1, 0.15) is 25.3 Å². The van der Waals surface area contributed by atoms with Crippen molar-refractivity contribution in [2.24, 2.45) is 0 Å². The normalized spacial score (nSPS) is 11.3. The van der Waals surface area contributed by atoms with E-state index in [-0.39, 0.29) is 11.3 Å². The van der Waals surface area contributed by atoms with Crippen LogP contribution in [0.2, 0.25) is 0 Å². The summed E-state index contributed by atoms with van der Waals surface area (Å²) in [6.07, 6.45) is 1.31. The Labute approximate surface area is 109 Å². The molecule has 0 aliphatic carbocycles. The molecule has 0 aliphatic rings. The third kappa shape index (κ3) is 1.93. The first-order valence-corrected chi connectivity index (χ1v) is 6.10. The molecule has 5 heteroatoms. The number of nitrogens with one attached hydrogen (secondary N) is 1. The Balaban J connectivity index is 2.17. The third-order valence-corrected chi connectivity index (χ3v) is 3.13. The fraction of sp³-hybridized carbons (Fsp3) is 0.214. The lowest BCUT2D eigenvalue weighted by Crippen LogP contribution is -2.05. The zero-order valence-corrected chi connectivity index (χ0v) is 10.7. The van der Waals surface area contributed by atoms with Gasteiger partial charge in [-0.25, -0.2) is 4.98 Å². The van der Waals surface area contributed by atoms with Gasteiger partial charge in [-0.15, -0.1) is 0 Å². The van der Waals surface area contributed by atoms with Crippen molar-refractivity contribution >= 4 is 11.1 Å². The van der Waals surface area contributed by atoms with Gasteiger partial charge in [0.05, 0.1) is 6.33 Å². The maximum atomic E-state index is 11.8. The predicted octanol–water partition coefficient (Wildman–Crippen LogP) is 2.70. The van der Waals surface area contributed by atoms with Gasteiger partial charge in [0.15, 0.2) is 0 Å². The van der Waals surface area contributed by atoms with E-state index in [1.807, 2.05) is 24.3 Å². The van der Waals surface area contributed by atoms with Gasteiger partial charge in [0.2, 0.25) is 0 Å². The summed E-state index contributed by atoms with van der Waals surface area (Å²) in [6, 6.07) is 7.95. The highest BCUT2D eigenvalue weighted by Crippen LogP contribution is 2.25. The van der Waals surface area contributed by atoms with Gasteiger partial charge in [-0.2, -0.15) is 0 Å². The van der Waals surface area contributed by atoms with E-state index in [4.69, 9.17) is 4.52 Å². The van der Waals surface area contributed by atoms with Crippen LogP contribution in [0, 0.1) is 0 Å². The largest absolute Gasteiger partial charge is 0.335 e. The van der Waals surface area contributed by atoms with Crippen molar-refractivity contribution in [2.75, 3.05) is 0 Å². The van der Waals surface area contributed by atoms with E-state index in [0.29, 0.717) is 17.0 Å². The van der Waals surface area contributed by atoms with E-state index in [2.05, 4.69) is 29.0 Å². The molecule has 0 aliphatic heterocycles. The molecule has 3 rings (SSSR count). The van der Waals surface area contributed by atoms with Crippen molar-refractivity contribution in [1.82, 2.24) is 15.1 Å². The summed E-state index contributed by atoms with van der Waals surface area (Å²) in [6.45, 7) is 4.27. The molecule has 5 nitrogen and oxygen atoms in total. The van der Waals surface area contributed by atoms with Crippen molar-refractivity contribution in [3.8, 4) is 11.3 Å². The first-order valence-electron chi connectivity index (χ1n) is 6.10. The first kappa shape index (κ1) is 11.6. The fourth-order valence-corrected chi connectivity index (χ4v) is 2.02. The number of benzene rings is 1. The fourth-order valence-electron chi connectivity index (χ4n) is 2.02. The molecule has 0 spiro atoms. The third-order valence-electron chi connectivity index (χ3n) is 3.13. The lowest BCUT2D eigenvalue weighted by atomic mass is 10.0. The monoisotopic (exact) mass is 255 g/mol. The zero-order valence-electron chi connectivity index (χ0n) is 10.7. The molecular formula is C14H13N3O2. The Bertz CT molecular complexity index is 769. The lowest BCUT2D eigenvalue weighted by molar-refractivity contribution is 0.451. The highest BCUT2D eigenvalue weighted by Gasteiger charge is 2.14.